The molecule has 0 N–H and O–H groups in total. The number of carbonyl (C=O) groups excluding carboxylic acids is 1. The van der Waals surface area contributed by atoms with E-state index in [2.05, 4.69) is 15.9 Å². The molecule has 1 aromatic rings. The number of rotatable bonds is 7. The molecular formula is C13H17BrO3. The number of carbonyl (C=O) groups is 1. The number of benzene rings is 1. The molecule has 0 spiro atoms. The lowest BCUT2D eigenvalue weighted by atomic mass is 10.2. The van der Waals surface area contributed by atoms with Crippen LogP contribution in [0, 0.1) is 0 Å². The third-order valence-electron chi connectivity index (χ3n) is 2.18. The Balaban J connectivity index is 2.19. The minimum atomic E-state index is -0.161. The fourth-order valence-electron chi connectivity index (χ4n) is 1.31. The van der Waals surface area contributed by atoms with E-state index in [9.17, 15) is 4.79 Å². The summed E-state index contributed by atoms with van der Waals surface area (Å²) in [5, 5.41) is 0.843. The lowest BCUT2D eigenvalue weighted by molar-refractivity contribution is -0.143. The summed E-state index contributed by atoms with van der Waals surface area (Å²) >= 11 is 3.38. The molecule has 0 saturated heterocycles. The summed E-state index contributed by atoms with van der Waals surface area (Å²) in [6.45, 7) is 2.78. The van der Waals surface area contributed by atoms with Crippen LogP contribution in [0.1, 0.15) is 25.3 Å². The summed E-state index contributed by atoms with van der Waals surface area (Å²) in [6, 6.07) is 7.88. The minimum Gasteiger partial charge on any atom is -0.494 e. The Labute approximate surface area is 110 Å². The molecule has 0 saturated carbocycles. The summed E-state index contributed by atoms with van der Waals surface area (Å²) in [6.07, 6.45) is 1.09. The Morgan fingerprint density at radius 2 is 2.00 bits per heavy atom. The average Bonchev–Trinajstić information content (AvgIpc) is 2.36. The van der Waals surface area contributed by atoms with Gasteiger partial charge in [0.1, 0.15) is 5.75 Å². The predicted molar refractivity (Wildman–Crippen MR) is 70.4 cm³/mol. The van der Waals surface area contributed by atoms with Crippen molar-refractivity contribution in [2.75, 3.05) is 13.2 Å². The molecule has 94 valence electrons. The Morgan fingerprint density at radius 3 is 2.59 bits per heavy atom. The lowest BCUT2D eigenvalue weighted by Crippen LogP contribution is -2.06. The molecule has 0 aliphatic rings. The van der Waals surface area contributed by atoms with E-state index in [1.54, 1.807) is 6.92 Å². The first kappa shape index (κ1) is 14.0. The van der Waals surface area contributed by atoms with Gasteiger partial charge >= 0.3 is 5.97 Å². The maximum atomic E-state index is 11.1. The molecule has 0 unspecified atom stereocenters. The van der Waals surface area contributed by atoms with E-state index in [0.29, 0.717) is 26.1 Å². The molecular weight excluding hydrogens is 284 g/mol. The highest BCUT2D eigenvalue weighted by molar-refractivity contribution is 9.08. The molecule has 0 aromatic heterocycles. The van der Waals surface area contributed by atoms with Crippen LogP contribution in [0.2, 0.25) is 0 Å². The number of esters is 1. The molecule has 0 amide bonds. The van der Waals surface area contributed by atoms with Crippen LogP contribution in [0.25, 0.3) is 0 Å². The molecule has 3 nitrogen and oxygen atoms in total. The van der Waals surface area contributed by atoms with Crippen LogP contribution < -0.4 is 4.74 Å². The van der Waals surface area contributed by atoms with E-state index >= 15 is 0 Å². The Kier molecular flexibility index (Phi) is 6.70. The van der Waals surface area contributed by atoms with Gasteiger partial charge in [0.25, 0.3) is 0 Å². The minimum absolute atomic E-state index is 0.161. The van der Waals surface area contributed by atoms with Crippen molar-refractivity contribution >= 4 is 21.9 Å². The van der Waals surface area contributed by atoms with E-state index in [4.69, 9.17) is 9.47 Å². The maximum Gasteiger partial charge on any atom is 0.305 e. The number of halogens is 1. The van der Waals surface area contributed by atoms with Crippen LogP contribution >= 0.6 is 15.9 Å². The number of ether oxygens (including phenoxy) is 2. The molecule has 0 aliphatic carbocycles. The van der Waals surface area contributed by atoms with E-state index in [0.717, 1.165) is 11.1 Å². The quantitative estimate of drug-likeness (QED) is 0.440. The largest absolute Gasteiger partial charge is 0.494 e. The second kappa shape index (κ2) is 8.12. The van der Waals surface area contributed by atoms with Crippen LogP contribution in [0.15, 0.2) is 24.3 Å². The monoisotopic (exact) mass is 300 g/mol. The summed E-state index contributed by atoms with van der Waals surface area (Å²) in [4.78, 5) is 11.1. The summed E-state index contributed by atoms with van der Waals surface area (Å²) in [7, 11) is 0. The molecule has 1 aromatic carbocycles. The van der Waals surface area contributed by atoms with Crippen LogP contribution in [-0.2, 0) is 14.9 Å². The van der Waals surface area contributed by atoms with E-state index in [1.165, 1.54) is 5.56 Å². The van der Waals surface area contributed by atoms with Gasteiger partial charge in [-0.15, -0.1) is 0 Å². The van der Waals surface area contributed by atoms with Crippen molar-refractivity contribution < 1.29 is 14.3 Å². The van der Waals surface area contributed by atoms with Crippen LogP contribution in [-0.4, -0.2) is 19.2 Å². The standard InChI is InChI=1S/C13H17BrO3/c1-2-16-13(15)4-3-9-17-12-7-5-11(10-14)6-8-12/h5-8H,2-4,9-10H2,1H3. The van der Waals surface area contributed by atoms with Crippen molar-refractivity contribution in [2.24, 2.45) is 0 Å². The Hall–Kier alpha value is -1.03. The van der Waals surface area contributed by atoms with Gasteiger partial charge in [0, 0.05) is 11.8 Å². The van der Waals surface area contributed by atoms with Gasteiger partial charge in [-0.3, -0.25) is 4.79 Å². The third kappa shape index (κ3) is 5.73. The van der Waals surface area contributed by atoms with Gasteiger partial charge in [-0.2, -0.15) is 0 Å². The highest BCUT2D eigenvalue weighted by atomic mass is 79.9. The fraction of sp³-hybridized carbons (Fsp3) is 0.462. The molecule has 0 bridgehead atoms. The zero-order chi connectivity index (χ0) is 12.5. The number of hydrogen-bond donors (Lipinski definition) is 0. The molecule has 0 fully saturated rings. The van der Waals surface area contributed by atoms with Crippen molar-refractivity contribution in [1.82, 2.24) is 0 Å². The number of alkyl halides is 1. The maximum absolute atomic E-state index is 11.1. The molecule has 17 heavy (non-hydrogen) atoms. The smallest absolute Gasteiger partial charge is 0.305 e. The summed E-state index contributed by atoms with van der Waals surface area (Å²) < 4.78 is 10.3. The SMILES string of the molecule is CCOC(=O)CCCOc1ccc(CBr)cc1. The second-order valence-corrected chi connectivity index (χ2v) is 4.10. The zero-order valence-electron chi connectivity index (χ0n) is 9.95. The predicted octanol–water partition coefficient (Wildman–Crippen LogP) is 3.30. The van der Waals surface area contributed by atoms with Crippen molar-refractivity contribution in [3.8, 4) is 5.75 Å². The molecule has 4 heteroatoms. The van der Waals surface area contributed by atoms with Crippen LogP contribution in [0.5, 0.6) is 5.75 Å². The van der Waals surface area contributed by atoms with Gasteiger partial charge in [-0.1, -0.05) is 28.1 Å². The Morgan fingerprint density at radius 1 is 1.29 bits per heavy atom. The van der Waals surface area contributed by atoms with Gasteiger partial charge in [0.05, 0.1) is 13.2 Å². The molecule has 0 heterocycles. The first-order valence-corrected chi connectivity index (χ1v) is 6.81. The Bertz CT molecular complexity index is 335. The van der Waals surface area contributed by atoms with Gasteiger partial charge < -0.3 is 9.47 Å². The van der Waals surface area contributed by atoms with E-state index in [1.807, 2.05) is 24.3 Å². The lowest BCUT2D eigenvalue weighted by Gasteiger charge is -2.06. The van der Waals surface area contributed by atoms with Crippen molar-refractivity contribution in [1.29, 1.82) is 0 Å². The molecule has 1 rings (SSSR count). The van der Waals surface area contributed by atoms with Crippen molar-refractivity contribution in [3.63, 3.8) is 0 Å². The third-order valence-corrected chi connectivity index (χ3v) is 2.82. The van der Waals surface area contributed by atoms with Crippen molar-refractivity contribution in [3.05, 3.63) is 29.8 Å². The molecule has 0 atom stereocenters. The summed E-state index contributed by atoms with van der Waals surface area (Å²) in [5.41, 5.74) is 1.21. The van der Waals surface area contributed by atoms with Crippen LogP contribution in [0.3, 0.4) is 0 Å². The van der Waals surface area contributed by atoms with Gasteiger partial charge in [-0.05, 0) is 31.0 Å². The van der Waals surface area contributed by atoms with Crippen LogP contribution in [0.4, 0.5) is 0 Å². The van der Waals surface area contributed by atoms with E-state index < -0.39 is 0 Å². The first-order valence-electron chi connectivity index (χ1n) is 5.69. The first-order chi connectivity index (χ1) is 8.26. The van der Waals surface area contributed by atoms with Gasteiger partial charge in [0.2, 0.25) is 0 Å². The topological polar surface area (TPSA) is 35.5 Å². The summed E-state index contributed by atoms with van der Waals surface area (Å²) in [5.74, 6) is 0.671. The highest BCUT2D eigenvalue weighted by Gasteiger charge is 2.01. The average molecular weight is 301 g/mol. The van der Waals surface area contributed by atoms with Crippen molar-refractivity contribution in [2.45, 2.75) is 25.1 Å². The normalized spacial score (nSPS) is 10.0. The number of hydrogen-bond acceptors (Lipinski definition) is 3. The molecule has 0 aliphatic heterocycles. The fourth-order valence-corrected chi connectivity index (χ4v) is 1.69. The van der Waals surface area contributed by atoms with Gasteiger partial charge in [-0.25, -0.2) is 0 Å². The van der Waals surface area contributed by atoms with E-state index in [-0.39, 0.29) is 5.97 Å². The highest BCUT2D eigenvalue weighted by Crippen LogP contribution is 2.14. The second-order valence-electron chi connectivity index (χ2n) is 3.53. The molecule has 0 radical (unpaired) electrons. The van der Waals surface area contributed by atoms with Gasteiger partial charge in [0.15, 0.2) is 0 Å². The zero-order valence-corrected chi connectivity index (χ0v) is 11.5.